The van der Waals surface area contributed by atoms with E-state index < -0.39 is 5.91 Å². The second-order valence-corrected chi connectivity index (χ2v) is 6.23. The van der Waals surface area contributed by atoms with Gasteiger partial charge in [-0.3, -0.25) is 15.1 Å². The number of ether oxygens (including phenoxy) is 1. The number of amides is 1. The summed E-state index contributed by atoms with van der Waals surface area (Å²) in [7, 11) is 0. The molecule has 3 heterocycles. The normalized spacial score (nSPS) is 14.2. The molecule has 2 aromatic heterocycles. The zero-order valence-electron chi connectivity index (χ0n) is 14.9. The van der Waals surface area contributed by atoms with Crippen molar-refractivity contribution in [2.24, 2.45) is 0 Å². The van der Waals surface area contributed by atoms with Crippen LogP contribution in [0, 0.1) is 6.92 Å². The van der Waals surface area contributed by atoms with Crippen LogP contribution in [0.2, 0.25) is 0 Å². The number of aromatic nitrogens is 3. The van der Waals surface area contributed by atoms with Gasteiger partial charge < -0.3 is 14.1 Å². The minimum absolute atomic E-state index is 0.0371. The maximum absolute atomic E-state index is 12.3. The highest BCUT2D eigenvalue weighted by atomic mass is 16.5. The number of carbonyl (C=O) groups excluding carboxylic acids is 1. The predicted octanol–water partition coefficient (Wildman–Crippen LogP) is 2.53. The summed E-state index contributed by atoms with van der Waals surface area (Å²) in [5.41, 5.74) is 3.11. The molecule has 0 unspecified atom stereocenters. The molecular formula is C19H19N5O3. The molecule has 0 bridgehead atoms. The van der Waals surface area contributed by atoms with Crippen molar-refractivity contribution in [3.63, 3.8) is 0 Å². The van der Waals surface area contributed by atoms with Crippen LogP contribution >= 0.6 is 0 Å². The number of nitrogens with one attached hydrogen (secondary N) is 1. The number of carbonyl (C=O) groups is 1. The Morgan fingerprint density at radius 3 is 2.81 bits per heavy atom. The van der Waals surface area contributed by atoms with E-state index in [9.17, 15) is 4.79 Å². The predicted molar refractivity (Wildman–Crippen MR) is 99.7 cm³/mol. The number of hydrogen-bond donors (Lipinski definition) is 1. The van der Waals surface area contributed by atoms with Gasteiger partial charge in [-0.2, -0.15) is 0 Å². The molecule has 8 nitrogen and oxygen atoms in total. The summed E-state index contributed by atoms with van der Waals surface area (Å²) in [6.45, 7) is 5.02. The molecule has 0 radical (unpaired) electrons. The average Bonchev–Trinajstić information content (AvgIpc) is 3.17. The van der Waals surface area contributed by atoms with Crippen LogP contribution in [0.4, 0.5) is 11.7 Å². The SMILES string of the molecule is Cc1ccnc(C(=O)Nc2nnc(-c3cccc(N4CCOCC4)c3)o2)c1. The quantitative estimate of drug-likeness (QED) is 0.759. The van der Waals surface area contributed by atoms with Gasteiger partial charge in [-0.1, -0.05) is 11.2 Å². The van der Waals surface area contributed by atoms with Crippen molar-refractivity contribution in [2.45, 2.75) is 6.92 Å². The van der Waals surface area contributed by atoms with E-state index in [2.05, 4.69) is 25.4 Å². The lowest BCUT2D eigenvalue weighted by atomic mass is 10.2. The van der Waals surface area contributed by atoms with Gasteiger partial charge in [0.1, 0.15) is 5.69 Å². The third-order valence-corrected chi connectivity index (χ3v) is 4.26. The summed E-state index contributed by atoms with van der Waals surface area (Å²) in [6.07, 6.45) is 1.58. The van der Waals surface area contributed by atoms with Gasteiger partial charge in [0.2, 0.25) is 5.89 Å². The smallest absolute Gasteiger partial charge is 0.322 e. The van der Waals surface area contributed by atoms with E-state index in [0.29, 0.717) is 24.8 Å². The highest BCUT2D eigenvalue weighted by Gasteiger charge is 2.16. The Balaban J connectivity index is 1.50. The van der Waals surface area contributed by atoms with Crippen LogP contribution in [0.15, 0.2) is 47.0 Å². The number of pyridine rings is 1. The molecule has 8 heteroatoms. The molecular weight excluding hydrogens is 346 g/mol. The van der Waals surface area contributed by atoms with Crippen molar-refractivity contribution in [2.75, 3.05) is 36.5 Å². The van der Waals surface area contributed by atoms with Crippen LogP contribution in [0.1, 0.15) is 16.1 Å². The number of nitrogens with zero attached hydrogens (tertiary/aromatic N) is 4. The summed E-state index contributed by atoms with van der Waals surface area (Å²) in [5, 5.41) is 10.5. The number of aryl methyl sites for hydroxylation is 1. The molecule has 0 aliphatic carbocycles. The van der Waals surface area contributed by atoms with Crippen molar-refractivity contribution in [1.29, 1.82) is 0 Å². The summed E-state index contributed by atoms with van der Waals surface area (Å²) < 4.78 is 11.0. The summed E-state index contributed by atoms with van der Waals surface area (Å²) in [4.78, 5) is 18.5. The summed E-state index contributed by atoms with van der Waals surface area (Å²) >= 11 is 0. The lowest BCUT2D eigenvalue weighted by Crippen LogP contribution is -2.36. The third kappa shape index (κ3) is 3.95. The number of hydrogen-bond acceptors (Lipinski definition) is 7. The molecule has 0 saturated carbocycles. The van der Waals surface area contributed by atoms with E-state index >= 15 is 0 Å². The Kier molecular flexibility index (Phi) is 4.80. The van der Waals surface area contributed by atoms with Crippen LogP contribution < -0.4 is 10.2 Å². The molecule has 138 valence electrons. The first kappa shape index (κ1) is 17.2. The zero-order chi connectivity index (χ0) is 18.6. The molecule has 1 aliphatic heterocycles. The third-order valence-electron chi connectivity index (χ3n) is 4.26. The van der Waals surface area contributed by atoms with E-state index in [-0.39, 0.29) is 6.01 Å². The lowest BCUT2D eigenvalue weighted by molar-refractivity contribution is 0.101. The van der Waals surface area contributed by atoms with Gasteiger partial charge in [0.15, 0.2) is 0 Å². The lowest BCUT2D eigenvalue weighted by Gasteiger charge is -2.29. The maximum Gasteiger partial charge on any atom is 0.322 e. The van der Waals surface area contributed by atoms with Gasteiger partial charge in [0, 0.05) is 30.5 Å². The topological polar surface area (TPSA) is 93.4 Å². The maximum atomic E-state index is 12.3. The molecule has 0 spiro atoms. The van der Waals surface area contributed by atoms with Crippen LogP contribution in [-0.4, -0.2) is 47.4 Å². The molecule has 1 amide bonds. The van der Waals surface area contributed by atoms with E-state index in [1.54, 1.807) is 12.3 Å². The molecule has 1 fully saturated rings. The van der Waals surface area contributed by atoms with Crippen molar-refractivity contribution < 1.29 is 13.9 Å². The van der Waals surface area contributed by atoms with Crippen LogP contribution in [0.5, 0.6) is 0 Å². The molecule has 27 heavy (non-hydrogen) atoms. The number of anilines is 2. The molecule has 0 atom stereocenters. The fourth-order valence-corrected chi connectivity index (χ4v) is 2.87. The Bertz CT molecular complexity index is 950. The second-order valence-electron chi connectivity index (χ2n) is 6.23. The van der Waals surface area contributed by atoms with Crippen LogP contribution in [0.3, 0.4) is 0 Å². The van der Waals surface area contributed by atoms with Crippen molar-refractivity contribution in [3.8, 4) is 11.5 Å². The van der Waals surface area contributed by atoms with E-state index in [0.717, 1.165) is 29.9 Å². The van der Waals surface area contributed by atoms with Crippen LogP contribution in [0.25, 0.3) is 11.5 Å². The first-order valence-electron chi connectivity index (χ1n) is 8.70. The van der Waals surface area contributed by atoms with Crippen molar-refractivity contribution >= 4 is 17.6 Å². The Morgan fingerprint density at radius 1 is 1.15 bits per heavy atom. The zero-order valence-corrected chi connectivity index (χ0v) is 14.9. The molecule has 3 aromatic rings. The highest BCUT2D eigenvalue weighted by molar-refractivity contribution is 6.01. The van der Waals surface area contributed by atoms with Gasteiger partial charge in [-0.15, -0.1) is 5.10 Å². The monoisotopic (exact) mass is 365 g/mol. The van der Waals surface area contributed by atoms with Gasteiger partial charge in [-0.25, -0.2) is 0 Å². The van der Waals surface area contributed by atoms with Crippen molar-refractivity contribution in [1.82, 2.24) is 15.2 Å². The van der Waals surface area contributed by atoms with Gasteiger partial charge in [0.05, 0.1) is 13.2 Å². The first-order chi connectivity index (χ1) is 13.2. The average molecular weight is 365 g/mol. The Labute approximate surface area is 156 Å². The fraction of sp³-hybridized carbons (Fsp3) is 0.263. The minimum atomic E-state index is -0.393. The van der Waals surface area contributed by atoms with Crippen LogP contribution in [-0.2, 0) is 4.74 Å². The minimum Gasteiger partial charge on any atom is -0.403 e. The van der Waals surface area contributed by atoms with Gasteiger partial charge in [-0.05, 0) is 42.8 Å². The number of morpholine rings is 1. The van der Waals surface area contributed by atoms with E-state index in [4.69, 9.17) is 9.15 Å². The Hall–Kier alpha value is -3.26. The molecule has 1 N–H and O–H groups in total. The largest absolute Gasteiger partial charge is 0.403 e. The van der Waals surface area contributed by atoms with Gasteiger partial charge in [0.25, 0.3) is 5.91 Å². The first-order valence-corrected chi connectivity index (χ1v) is 8.70. The molecule has 1 saturated heterocycles. The molecule has 4 rings (SSSR count). The Morgan fingerprint density at radius 2 is 2.00 bits per heavy atom. The fourth-order valence-electron chi connectivity index (χ4n) is 2.87. The number of benzene rings is 1. The van der Waals surface area contributed by atoms with Gasteiger partial charge >= 0.3 is 6.01 Å². The second kappa shape index (κ2) is 7.55. The van der Waals surface area contributed by atoms with E-state index in [1.807, 2.05) is 37.3 Å². The van der Waals surface area contributed by atoms with E-state index in [1.165, 1.54) is 0 Å². The molecule has 1 aromatic carbocycles. The number of rotatable bonds is 4. The summed E-state index contributed by atoms with van der Waals surface area (Å²) in [6, 6.07) is 11.4. The standard InChI is InChI=1S/C19H19N5O3/c1-13-5-6-20-16(11-13)17(25)21-19-23-22-18(27-19)14-3-2-4-15(12-14)24-7-9-26-10-8-24/h2-6,11-12H,7-10H2,1H3,(H,21,23,25). The molecule has 1 aliphatic rings. The van der Waals surface area contributed by atoms with Crippen molar-refractivity contribution in [3.05, 3.63) is 53.9 Å². The highest BCUT2D eigenvalue weighted by Crippen LogP contribution is 2.25. The summed E-state index contributed by atoms with van der Waals surface area (Å²) in [5.74, 6) is -0.0476.